The van der Waals surface area contributed by atoms with Crippen molar-refractivity contribution in [2.75, 3.05) is 5.43 Å². The number of amides is 1. The van der Waals surface area contributed by atoms with Gasteiger partial charge < -0.3 is 10.5 Å². The summed E-state index contributed by atoms with van der Waals surface area (Å²) in [7, 11) is 0. The Hall–Kier alpha value is -3.27. The van der Waals surface area contributed by atoms with Crippen molar-refractivity contribution >= 4 is 17.5 Å². The molecule has 1 aromatic carbocycles. The molecule has 1 heterocycles. The molecule has 108 valence electrons. The van der Waals surface area contributed by atoms with Crippen molar-refractivity contribution in [3.05, 3.63) is 46.1 Å². The molecule has 0 saturated carbocycles. The first-order chi connectivity index (χ1) is 10.0. The highest BCUT2D eigenvalue weighted by Gasteiger charge is 2.19. The number of nitro groups is 1. The lowest BCUT2D eigenvalue weighted by molar-refractivity contribution is -0.386. The Balaban J connectivity index is 2.33. The first-order valence-electron chi connectivity index (χ1n) is 5.57. The average molecular weight is 290 g/mol. The van der Waals surface area contributed by atoms with Gasteiger partial charge in [0.15, 0.2) is 0 Å². The molecule has 0 aliphatic carbocycles. The van der Waals surface area contributed by atoms with Crippen LogP contribution in [0.15, 0.2) is 30.5 Å². The third kappa shape index (κ3) is 3.19. The molecule has 2 rings (SSSR count). The van der Waals surface area contributed by atoms with Crippen molar-refractivity contribution in [2.45, 2.75) is 0 Å². The highest BCUT2D eigenvalue weighted by Crippen LogP contribution is 2.29. The lowest BCUT2D eigenvalue weighted by atomic mass is 10.2. The van der Waals surface area contributed by atoms with Gasteiger partial charge in [-0.05, 0) is 24.3 Å². The van der Waals surface area contributed by atoms with Gasteiger partial charge in [0, 0.05) is 5.56 Å². The number of hydrazine groups is 1. The van der Waals surface area contributed by atoms with Crippen LogP contribution in [0.4, 0.5) is 11.6 Å². The standard InChI is InChI=1S/C11H10N6O4/c12-9(18)6-1-3-7(4-2-6)21-10-8(17(19)20)5-14-11(15-10)16-13/h1-5H,13H2,(H2,12,18)(H,14,15,16). The zero-order valence-corrected chi connectivity index (χ0v) is 10.5. The largest absolute Gasteiger partial charge is 0.434 e. The maximum atomic E-state index is 10.9. The first-order valence-corrected chi connectivity index (χ1v) is 5.57. The predicted octanol–water partition coefficient (Wildman–Crippen LogP) is 0.562. The van der Waals surface area contributed by atoms with Gasteiger partial charge in [0.25, 0.3) is 0 Å². The molecule has 1 aromatic heterocycles. The minimum Gasteiger partial charge on any atom is -0.434 e. The molecule has 0 fully saturated rings. The summed E-state index contributed by atoms with van der Waals surface area (Å²) in [4.78, 5) is 28.5. The molecule has 0 saturated heterocycles. The number of carbonyl (C=O) groups is 1. The number of ether oxygens (including phenoxy) is 1. The van der Waals surface area contributed by atoms with Gasteiger partial charge in [0.2, 0.25) is 11.9 Å². The van der Waals surface area contributed by atoms with Gasteiger partial charge in [0.1, 0.15) is 11.9 Å². The molecule has 0 unspecified atom stereocenters. The molecular weight excluding hydrogens is 280 g/mol. The number of nitrogens with one attached hydrogen (secondary N) is 1. The summed E-state index contributed by atoms with van der Waals surface area (Å²) in [5.41, 5.74) is 7.12. The van der Waals surface area contributed by atoms with Crippen LogP contribution >= 0.6 is 0 Å². The van der Waals surface area contributed by atoms with E-state index in [0.29, 0.717) is 0 Å². The van der Waals surface area contributed by atoms with Gasteiger partial charge in [0.05, 0.1) is 4.92 Å². The first kappa shape index (κ1) is 14.1. The minimum atomic E-state index is -0.687. The fourth-order valence-electron chi connectivity index (χ4n) is 1.43. The molecule has 0 aliphatic heterocycles. The van der Waals surface area contributed by atoms with Gasteiger partial charge in [-0.1, -0.05) is 0 Å². The fraction of sp³-hybridized carbons (Fsp3) is 0. The normalized spacial score (nSPS) is 9.95. The molecule has 5 N–H and O–H groups in total. The second-order valence-corrected chi connectivity index (χ2v) is 3.78. The molecule has 0 radical (unpaired) electrons. The fourth-order valence-corrected chi connectivity index (χ4v) is 1.43. The zero-order valence-electron chi connectivity index (χ0n) is 10.5. The van der Waals surface area contributed by atoms with Crippen molar-refractivity contribution in [2.24, 2.45) is 11.6 Å². The van der Waals surface area contributed by atoms with Crippen LogP contribution in [0.1, 0.15) is 10.4 Å². The zero-order chi connectivity index (χ0) is 15.4. The van der Waals surface area contributed by atoms with E-state index in [0.717, 1.165) is 6.20 Å². The smallest absolute Gasteiger partial charge is 0.349 e. The summed E-state index contributed by atoms with van der Waals surface area (Å²) >= 11 is 0. The SMILES string of the molecule is NNc1ncc([N+](=O)[O-])c(Oc2ccc(C(N)=O)cc2)n1. The Morgan fingerprint density at radius 1 is 1.33 bits per heavy atom. The van der Waals surface area contributed by atoms with E-state index in [9.17, 15) is 14.9 Å². The van der Waals surface area contributed by atoms with Crippen molar-refractivity contribution in [3.63, 3.8) is 0 Å². The van der Waals surface area contributed by atoms with Crippen LogP contribution in [0.25, 0.3) is 0 Å². The molecule has 10 heteroatoms. The van der Waals surface area contributed by atoms with Crippen LogP contribution in [0, 0.1) is 10.1 Å². The van der Waals surface area contributed by atoms with E-state index in [4.69, 9.17) is 16.3 Å². The number of aromatic nitrogens is 2. The Morgan fingerprint density at radius 3 is 2.52 bits per heavy atom. The van der Waals surface area contributed by atoms with E-state index < -0.39 is 16.5 Å². The van der Waals surface area contributed by atoms with Gasteiger partial charge in [-0.15, -0.1) is 0 Å². The molecule has 21 heavy (non-hydrogen) atoms. The second kappa shape index (κ2) is 5.79. The number of rotatable bonds is 5. The number of hydrogen-bond donors (Lipinski definition) is 3. The molecule has 0 aliphatic rings. The summed E-state index contributed by atoms with van der Waals surface area (Å²) in [6, 6.07) is 5.71. The number of hydrogen-bond acceptors (Lipinski definition) is 8. The Morgan fingerprint density at radius 2 is 2.00 bits per heavy atom. The molecule has 10 nitrogen and oxygen atoms in total. The number of nitrogens with zero attached hydrogens (tertiary/aromatic N) is 3. The van der Waals surface area contributed by atoms with Crippen molar-refractivity contribution < 1.29 is 14.5 Å². The van der Waals surface area contributed by atoms with E-state index >= 15 is 0 Å². The predicted molar refractivity (Wildman–Crippen MR) is 71.5 cm³/mol. The summed E-state index contributed by atoms with van der Waals surface area (Å²) < 4.78 is 5.31. The molecule has 1 amide bonds. The number of benzene rings is 1. The van der Waals surface area contributed by atoms with Crippen molar-refractivity contribution in [3.8, 4) is 11.6 Å². The maximum absolute atomic E-state index is 10.9. The monoisotopic (exact) mass is 290 g/mol. The van der Waals surface area contributed by atoms with E-state index in [1.54, 1.807) is 0 Å². The number of carbonyl (C=O) groups excluding carboxylic acids is 1. The van der Waals surface area contributed by atoms with Crippen LogP contribution < -0.4 is 21.7 Å². The van der Waals surface area contributed by atoms with E-state index in [1.807, 2.05) is 0 Å². The average Bonchev–Trinajstić information content (AvgIpc) is 2.47. The summed E-state index contributed by atoms with van der Waals surface area (Å²) in [6.45, 7) is 0. The Labute approximate surface area is 117 Å². The molecular formula is C11H10N6O4. The van der Waals surface area contributed by atoms with Gasteiger partial charge in [-0.2, -0.15) is 4.98 Å². The summed E-state index contributed by atoms with van der Waals surface area (Å²) in [5, 5.41) is 10.9. The molecule has 0 atom stereocenters. The lowest BCUT2D eigenvalue weighted by Gasteiger charge is -2.06. The highest BCUT2D eigenvalue weighted by atomic mass is 16.6. The summed E-state index contributed by atoms with van der Waals surface area (Å²) in [6.07, 6.45) is 0.968. The van der Waals surface area contributed by atoms with Crippen molar-refractivity contribution in [1.29, 1.82) is 0 Å². The molecule has 0 spiro atoms. The van der Waals surface area contributed by atoms with Crippen LogP contribution in [0.5, 0.6) is 11.6 Å². The van der Waals surface area contributed by atoms with Crippen LogP contribution in [-0.2, 0) is 0 Å². The Kier molecular flexibility index (Phi) is 3.90. The molecule has 2 aromatic rings. The number of anilines is 1. The third-order valence-corrected chi connectivity index (χ3v) is 2.41. The minimum absolute atomic E-state index is 0.0376. The second-order valence-electron chi connectivity index (χ2n) is 3.78. The highest BCUT2D eigenvalue weighted by molar-refractivity contribution is 5.92. The topological polar surface area (TPSA) is 159 Å². The van der Waals surface area contributed by atoms with E-state index in [-0.39, 0.29) is 23.1 Å². The van der Waals surface area contributed by atoms with Crippen LogP contribution in [0.3, 0.4) is 0 Å². The van der Waals surface area contributed by atoms with Crippen LogP contribution in [-0.4, -0.2) is 20.8 Å². The Bertz CT molecular complexity index is 688. The van der Waals surface area contributed by atoms with E-state index in [1.165, 1.54) is 24.3 Å². The maximum Gasteiger partial charge on any atom is 0.349 e. The lowest BCUT2D eigenvalue weighted by Crippen LogP contribution is -2.11. The van der Waals surface area contributed by atoms with Gasteiger partial charge >= 0.3 is 11.6 Å². The number of nitrogens with two attached hydrogens (primary N) is 2. The quantitative estimate of drug-likeness (QED) is 0.409. The van der Waals surface area contributed by atoms with Crippen LogP contribution in [0.2, 0.25) is 0 Å². The van der Waals surface area contributed by atoms with E-state index in [2.05, 4.69) is 15.4 Å². The summed E-state index contributed by atoms with van der Waals surface area (Å²) in [5.74, 6) is 4.47. The third-order valence-electron chi connectivity index (χ3n) is 2.41. The number of primary amides is 1. The van der Waals surface area contributed by atoms with Gasteiger partial charge in [-0.3, -0.25) is 20.3 Å². The van der Waals surface area contributed by atoms with Crippen molar-refractivity contribution in [1.82, 2.24) is 9.97 Å². The van der Waals surface area contributed by atoms with Gasteiger partial charge in [-0.25, -0.2) is 10.8 Å². The molecule has 0 bridgehead atoms. The number of nitrogen functional groups attached to an aromatic ring is 1.